The first-order valence-corrected chi connectivity index (χ1v) is 5.70. The Balaban J connectivity index is 2.65. The molecular formula is C11H22N2O2. The lowest BCUT2D eigenvalue weighted by Crippen LogP contribution is -2.42. The fourth-order valence-corrected chi connectivity index (χ4v) is 2.19. The summed E-state index contributed by atoms with van der Waals surface area (Å²) in [6.07, 6.45) is 1.38. The molecule has 1 N–H and O–H groups in total. The van der Waals surface area contributed by atoms with Crippen molar-refractivity contribution >= 4 is 5.97 Å². The van der Waals surface area contributed by atoms with Crippen LogP contribution in [0.4, 0.5) is 0 Å². The number of likely N-dealkylation sites (N-methyl/N-ethyl adjacent to an activating group) is 2. The van der Waals surface area contributed by atoms with Gasteiger partial charge in [-0.15, -0.1) is 0 Å². The van der Waals surface area contributed by atoms with Gasteiger partial charge in [-0.05, 0) is 33.5 Å². The average Bonchev–Trinajstić information content (AvgIpc) is 2.27. The highest BCUT2D eigenvalue weighted by atomic mass is 16.4. The second-order valence-corrected chi connectivity index (χ2v) is 4.46. The number of rotatable bonds is 3. The monoisotopic (exact) mass is 214 g/mol. The smallest absolute Gasteiger partial charge is 0.304 e. The summed E-state index contributed by atoms with van der Waals surface area (Å²) in [6, 6.07) is 0.722. The predicted molar refractivity (Wildman–Crippen MR) is 60.0 cm³/mol. The SMILES string of the molecule is CCN1CCC(C)N(C)CC1CC(=O)O. The van der Waals surface area contributed by atoms with Gasteiger partial charge in [-0.2, -0.15) is 0 Å². The lowest BCUT2D eigenvalue weighted by atomic mass is 10.1. The minimum atomic E-state index is -0.693. The van der Waals surface area contributed by atoms with Gasteiger partial charge in [0.1, 0.15) is 0 Å². The van der Waals surface area contributed by atoms with Gasteiger partial charge >= 0.3 is 5.97 Å². The van der Waals surface area contributed by atoms with Gasteiger partial charge in [0.05, 0.1) is 6.42 Å². The molecule has 0 saturated carbocycles. The normalized spacial score (nSPS) is 30.1. The molecule has 0 aromatic carbocycles. The van der Waals surface area contributed by atoms with Gasteiger partial charge < -0.3 is 10.0 Å². The molecule has 2 unspecified atom stereocenters. The minimum absolute atomic E-state index is 0.169. The summed E-state index contributed by atoms with van der Waals surface area (Å²) in [7, 11) is 2.08. The van der Waals surface area contributed by atoms with Crippen molar-refractivity contribution in [1.82, 2.24) is 9.80 Å². The Morgan fingerprint density at radius 2 is 2.20 bits per heavy atom. The molecule has 1 rings (SSSR count). The fourth-order valence-electron chi connectivity index (χ4n) is 2.19. The van der Waals surface area contributed by atoms with Crippen molar-refractivity contribution < 1.29 is 9.90 Å². The molecule has 4 nitrogen and oxygen atoms in total. The molecule has 88 valence electrons. The van der Waals surface area contributed by atoms with Crippen LogP contribution in [0.3, 0.4) is 0 Å². The molecule has 1 aliphatic rings. The molecule has 2 atom stereocenters. The Morgan fingerprint density at radius 3 is 2.73 bits per heavy atom. The Hall–Kier alpha value is -0.610. The molecule has 0 aromatic rings. The fraction of sp³-hybridized carbons (Fsp3) is 0.909. The molecular weight excluding hydrogens is 192 g/mol. The van der Waals surface area contributed by atoms with E-state index < -0.39 is 5.97 Å². The maximum atomic E-state index is 10.8. The van der Waals surface area contributed by atoms with E-state index in [1.54, 1.807) is 0 Å². The van der Waals surface area contributed by atoms with Crippen molar-refractivity contribution in [2.45, 2.75) is 38.8 Å². The number of carboxylic acids is 1. The molecule has 1 saturated heterocycles. The topological polar surface area (TPSA) is 43.8 Å². The highest BCUT2D eigenvalue weighted by molar-refractivity contribution is 5.67. The van der Waals surface area contributed by atoms with Crippen LogP contribution in [0.1, 0.15) is 26.7 Å². The summed E-state index contributed by atoms with van der Waals surface area (Å²) in [4.78, 5) is 15.3. The first-order valence-electron chi connectivity index (χ1n) is 5.70. The van der Waals surface area contributed by atoms with E-state index in [0.29, 0.717) is 6.04 Å². The molecule has 0 aromatic heterocycles. The lowest BCUT2D eigenvalue weighted by Gasteiger charge is -2.29. The lowest BCUT2D eigenvalue weighted by molar-refractivity contribution is -0.138. The van der Waals surface area contributed by atoms with Gasteiger partial charge in [0.15, 0.2) is 0 Å². The van der Waals surface area contributed by atoms with Crippen LogP contribution in [-0.2, 0) is 4.79 Å². The van der Waals surface area contributed by atoms with Gasteiger partial charge in [-0.25, -0.2) is 0 Å². The Bertz CT molecular complexity index is 221. The molecule has 15 heavy (non-hydrogen) atoms. The second-order valence-electron chi connectivity index (χ2n) is 4.46. The maximum Gasteiger partial charge on any atom is 0.304 e. The maximum absolute atomic E-state index is 10.8. The summed E-state index contributed by atoms with van der Waals surface area (Å²) in [6.45, 7) is 7.13. The Labute approximate surface area is 91.9 Å². The van der Waals surface area contributed by atoms with Crippen molar-refractivity contribution in [3.63, 3.8) is 0 Å². The largest absolute Gasteiger partial charge is 0.481 e. The van der Waals surface area contributed by atoms with Crippen molar-refractivity contribution in [2.24, 2.45) is 0 Å². The van der Waals surface area contributed by atoms with Crippen LogP contribution in [0, 0.1) is 0 Å². The Kier molecular flexibility index (Phi) is 4.54. The molecule has 0 amide bonds. The van der Waals surface area contributed by atoms with Crippen LogP contribution >= 0.6 is 0 Å². The first kappa shape index (κ1) is 12.5. The quantitative estimate of drug-likeness (QED) is 0.757. The van der Waals surface area contributed by atoms with Gasteiger partial charge in [0, 0.05) is 18.6 Å². The zero-order chi connectivity index (χ0) is 11.4. The van der Waals surface area contributed by atoms with Crippen LogP contribution in [0.25, 0.3) is 0 Å². The predicted octanol–water partition coefficient (Wildman–Crippen LogP) is 0.876. The first-order chi connectivity index (χ1) is 7.04. The van der Waals surface area contributed by atoms with Crippen LogP contribution in [0.15, 0.2) is 0 Å². The van der Waals surface area contributed by atoms with Crippen LogP contribution in [0.2, 0.25) is 0 Å². The van der Waals surface area contributed by atoms with E-state index in [2.05, 4.69) is 30.7 Å². The third-order valence-corrected chi connectivity index (χ3v) is 3.42. The average molecular weight is 214 g/mol. The van der Waals surface area contributed by atoms with Crippen LogP contribution in [-0.4, -0.2) is 59.6 Å². The van der Waals surface area contributed by atoms with Crippen LogP contribution < -0.4 is 0 Å². The molecule has 1 aliphatic heterocycles. The van der Waals surface area contributed by atoms with E-state index in [-0.39, 0.29) is 12.5 Å². The molecule has 4 heteroatoms. The number of nitrogens with zero attached hydrogens (tertiary/aromatic N) is 2. The van der Waals surface area contributed by atoms with Crippen LogP contribution in [0.5, 0.6) is 0 Å². The minimum Gasteiger partial charge on any atom is -0.481 e. The summed E-state index contributed by atoms with van der Waals surface area (Å²) >= 11 is 0. The van der Waals surface area contributed by atoms with E-state index in [0.717, 1.165) is 26.1 Å². The molecule has 1 heterocycles. The third kappa shape index (κ3) is 3.47. The van der Waals surface area contributed by atoms with Crippen molar-refractivity contribution in [1.29, 1.82) is 0 Å². The number of hydrogen-bond acceptors (Lipinski definition) is 3. The number of aliphatic carboxylic acids is 1. The van der Waals surface area contributed by atoms with E-state index >= 15 is 0 Å². The highest BCUT2D eigenvalue weighted by Crippen LogP contribution is 2.15. The molecule has 0 aliphatic carbocycles. The van der Waals surface area contributed by atoms with Gasteiger partial charge in [-0.3, -0.25) is 9.69 Å². The zero-order valence-electron chi connectivity index (χ0n) is 9.94. The standard InChI is InChI=1S/C11H22N2O2/c1-4-13-6-5-9(2)12(3)8-10(13)7-11(14)15/h9-10H,4-8H2,1-3H3,(H,14,15). The number of carbonyl (C=O) groups is 1. The van der Waals surface area contributed by atoms with Crippen molar-refractivity contribution in [3.05, 3.63) is 0 Å². The van der Waals surface area contributed by atoms with E-state index in [1.807, 2.05) is 0 Å². The molecule has 0 bridgehead atoms. The number of hydrogen-bond donors (Lipinski definition) is 1. The van der Waals surface area contributed by atoms with Crippen molar-refractivity contribution in [2.75, 3.05) is 26.7 Å². The second kappa shape index (κ2) is 5.47. The summed E-state index contributed by atoms with van der Waals surface area (Å²) in [5, 5.41) is 8.88. The third-order valence-electron chi connectivity index (χ3n) is 3.42. The van der Waals surface area contributed by atoms with Crippen molar-refractivity contribution in [3.8, 4) is 0 Å². The Morgan fingerprint density at radius 1 is 1.53 bits per heavy atom. The van der Waals surface area contributed by atoms with E-state index in [1.165, 1.54) is 0 Å². The van der Waals surface area contributed by atoms with Gasteiger partial charge in [0.2, 0.25) is 0 Å². The van der Waals surface area contributed by atoms with E-state index in [4.69, 9.17) is 5.11 Å². The highest BCUT2D eigenvalue weighted by Gasteiger charge is 2.27. The van der Waals surface area contributed by atoms with Gasteiger partial charge in [0.25, 0.3) is 0 Å². The summed E-state index contributed by atoms with van der Waals surface area (Å²) in [5.41, 5.74) is 0. The summed E-state index contributed by atoms with van der Waals surface area (Å²) < 4.78 is 0. The van der Waals surface area contributed by atoms with Gasteiger partial charge in [-0.1, -0.05) is 6.92 Å². The molecule has 1 fully saturated rings. The number of carboxylic acid groups (broad SMARTS) is 1. The zero-order valence-corrected chi connectivity index (χ0v) is 9.94. The summed E-state index contributed by atoms with van der Waals surface area (Å²) in [5.74, 6) is -0.693. The van der Waals surface area contributed by atoms with E-state index in [9.17, 15) is 4.79 Å². The molecule has 0 spiro atoms. The molecule has 0 radical (unpaired) electrons.